The van der Waals surface area contributed by atoms with Gasteiger partial charge in [-0.2, -0.15) is 5.10 Å². The lowest BCUT2D eigenvalue weighted by molar-refractivity contribution is -0.110. The lowest BCUT2D eigenvalue weighted by atomic mass is 10.1. The predicted octanol–water partition coefficient (Wildman–Crippen LogP) is 1.30. The molecule has 2 aromatic rings. The van der Waals surface area contributed by atoms with Crippen LogP contribution in [0.4, 0.5) is 4.79 Å². The summed E-state index contributed by atoms with van der Waals surface area (Å²) in [4.78, 5) is 20.2. The molecule has 3 rings (SSSR count). The highest BCUT2D eigenvalue weighted by Crippen LogP contribution is 2.20. The molecule has 0 spiro atoms. The zero-order chi connectivity index (χ0) is 17.8. The maximum Gasteiger partial charge on any atom is 0.320 e. The Morgan fingerprint density at radius 1 is 1.40 bits per heavy atom. The van der Waals surface area contributed by atoms with Crippen LogP contribution in [0.25, 0.3) is 5.69 Å². The molecule has 0 saturated carbocycles. The number of hydrogen-bond donors (Lipinski definition) is 0. The smallest absolute Gasteiger partial charge is 0.320 e. The molecule has 0 aliphatic carbocycles. The molecule has 0 radical (unpaired) electrons. The fraction of sp³-hybridized carbons (Fsp3) is 0.471. The Hall–Kier alpha value is -2.45. The van der Waals surface area contributed by atoms with Crippen LogP contribution in [-0.2, 0) is 22.4 Å². The summed E-state index contributed by atoms with van der Waals surface area (Å²) < 4.78 is 12.1. The number of carbonyl (C=O) groups is 1. The van der Waals surface area contributed by atoms with Crippen molar-refractivity contribution in [2.75, 3.05) is 34.4 Å². The van der Waals surface area contributed by atoms with E-state index >= 15 is 0 Å². The third kappa shape index (κ3) is 3.80. The first-order chi connectivity index (χ1) is 12.1. The first-order valence-electron chi connectivity index (χ1n) is 8.15. The number of aromatic nitrogens is 3. The van der Waals surface area contributed by atoms with Gasteiger partial charge in [0.1, 0.15) is 0 Å². The zero-order valence-electron chi connectivity index (χ0n) is 14.8. The number of amides is 2. The van der Waals surface area contributed by atoms with Gasteiger partial charge >= 0.3 is 6.03 Å². The molecule has 1 aliphatic heterocycles. The summed E-state index contributed by atoms with van der Waals surface area (Å²) in [6.45, 7) is 1.57. The molecule has 0 N–H and O–H groups in total. The average molecular weight is 345 g/mol. The lowest BCUT2D eigenvalue weighted by Crippen LogP contribution is -2.46. The molecule has 0 unspecified atom stereocenters. The van der Waals surface area contributed by atoms with E-state index in [0.29, 0.717) is 19.6 Å². The number of pyridine rings is 1. The van der Waals surface area contributed by atoms with Gasteiger partial charge in [-0.05, 0) is 12.1 Å². The van der Waals surface area contributed by atoms with Crippen molar-refractivity contribution in [3.05, 3.63) is 42.0 Å². The number of carbonyl (C=O) groups excluding carboxylic acids is 1. The van der Waals surface area contributed by atoms with E-state index in [0.717, 1.165) is 23.4 Å². The van der Waals surface area contributed by atoms with E-state index in [9.17, 15) is 4.79 Å². The van der Waals surface area contributed by atoms with Gasteiger partial charge in [0, 0.05) is 52.2 Å². The summed E-state index contributed by atoms with van der Waals surface area (Å²) in [7, 11) is 4.88. The summed E-state index contributed by atoms with van der Waals surface area (Å²) in [6.07, 6.45) is 5.78. The number of methoxy groups -OCH3 is 2. The van der Waals surface area contributed by atoms with Crippen molar-refractivity contribution in [2.45, 2.75) is 19.3 Å². The van der Waals surface area contributed by atoms with E-state index in [1.807, 2.05) is 27.9 Å². The number of nitrogens with zero attached hydrogens (tertiary/aromatic N) is 5. The molecule has 0 aromatic carbocycles. The Balaban J connectivity index is 1.68. The van der Waals surface area contributed by atoms with Crippen molar-refractivity contribution < 1.29 is 14.3 Å². The van der Waals surface area contributed by atoms with E-state index in [1.54, 1.807) is 38.6 Å². The SMILES string of the molecule is COC(CN(C)C(=O)N1CCc2nn(-c3cccnc3)cc2C1)OC. The highest BCUT2D eigenvalue weighted by molar-refractivity contribution is 5.74. The second kappa shape index (κ2) is 7.62. The molecule has 0 fully saturated rings. The molecule has 8 heteroatoms. The molecule has 8 nitrogen and oxygen atoms in total. The summed E-state index contributed by atoms with van der Waals surface area (Å²) >= 11 is 0. The van der Waals surface area contributed by atoms with Crippen LogP contribution in [-0.4, -0.2) is 71.2 Å². The van der Waals surface area contributed by atoms with Gasteiger partial charge in [0.15, 0.2) is 6.29 Å². The highest BCUT2D eigenvalue weighted by Gasteiger charge is 2.26. The first-order valence-corrected chi connectivity index (χ1v) is 8.15. The Bertz CT molecular complexity index is 714. The fourth-order valence-electron chi connectivity index (χ4n) is 2.89. The van der Waals surface area contributed by atoms with E-state index in [2.05, 4.69) is 10.1 Å². The minimum atomic E-state index is -0.428. The van der Waals surface area contributed by atoms with Crippen LogP contribution in [0.3, 0.4) is 0 Å². The lowest BCUT2D eigenvalue weighted by Gasteiger charge is -2.31. The Morgan fingerprint density at radius 3 is 2.88 bits per heavy atom. The van der Waals surface area contributed by atoms with Gasteiger partial charge in [-0.15, -0.1) is 0 Å². The van der Waals surface area contributed by atoms with Crippen molar-refractivity contribution in [3.8, 4) is 5.69 Å². The number of fused-ring (bicyclic) bond motifs is 1. The maximum atomic E-state index is 12.7. The van der Waals surface area contributed by atoms with Gasteiger partial charge in [-0.1, -0.05) is 0 Å². The number of urea groups is 1. The Kier molecular flexibility index (Phi) is 5.30. The van der Waals surface area contributed by atoms with Crippen molar-refractivity contribution in [1.29, 1.82) is 0 Å². The molecule has 134 valence electrons. The average Bonchev–Trinajstić information content (AvgIpc) is 3.09. The molecule has 2 amide bonds. The van der Waals surface area contributed by atoms with Crippen LogP contribution < -0.4 is 0 Å². The van der Waals surface area contributed by atoms with Gasteiger partial charge in [0.25, 0.3) is 0 Å². The minimum absolute atomic E-state index is 0.0427. The van der Waals surface area contributed by atoms with Crippen LogP contribution in [0.15, 0.2) is 30.7 Å². The van der Waals surface area contributed by atoms with Gasteiger partial charge in [-0.3, -0.25) is 4.98 Å². The third-order valence-electron chi connectivity index (χ3n) is 4.31. The van der Waals surface area contributed by atoms with E-state index in [1.165, 1.54) is 0 Å². The predicted molar refractivity (Wildman–Crippen MR) is 91.3 cm³/mol. The normalized spacial score (nSPS) is 13.8. The molecule has 0 bridgehead atoms. The molecule has 2 aromatic heterocycles. The van der Waals surface area contributed by atoms with Gasteiger partial charge in [-0.25, -0.2) is 9.48 Å². The van der Waals surface area contributed by atoms with Gasteiger partial charge in [0.05, 0.1) is 30.7 Å². The monoisotopic (exact) mass is 345 g/mol. The van der Waals surface area contributed by atoms with E-state index in [4.69, 9.17) is 9.47 Å². The molecular weight excluding hydrogens is 322 g/mol. The number of likely N-dealkylation sites (N-methyl/N-ethyl adjacent to an activating group) is 1. The standard InChI is InChI=1S/C17H23N5O3/c1-20(12-16(24-2)25-3)17(23)21-8-6-15-13(10-21)11-22(19-15)14-5-4-7-18-9-14/h4-5,7,9,11,16H,6,8,10,12H2,1-3H3. The largest absolute Gasteiger partial charge is 0.354 e. The summed E-state index contributed by atoms with van der Waals surface area (Å²) in [5.74, 6) is 0. The zero-order valence-corrected chi connectivity index (χ0v) is 14.8. The second-order valence-electron chi connectivity index (χ2n) is 5.99. The molecule has 0 atom stereocenters. The fourth-order valence-corrected chi connectivity index (χ4v) is 2.89. The third-order valence-corrected chi connectivity index (χ3v) is 4.31. The van der Waals surface area contributed by atoms with E-state index in [-0.39, 0.29) is 6.03 Å². The molecule has 0 saturated heterocycles. The van der Waals surface area contributed by atoms with Crippen LogP contribution >= 0.6 is 0 Å². The molecular formula is C17H23N5O3. The Labute approximate surface area is 147 Å². The van der Waals surface area contributed by atoms with Crippen LogP contribution in [0, 0.1) is 0 Å². The Morgan fingerprint density at radius 2 is 2.20 bits per heavy atom. The van der Waals surface area contributed by atoms with Gasteiger partial charge < -0.3 is 19.3 Å². The summed E-state index contributed by atoms with van der Waals surface area (Å²) in [6, 6.07) is 3.79. The molecule has 1 aliphatic rings. The number of ether oxygens (including phenoxy) is 2. The number of rotatable bonds is 5. The first kappa shape index (κ1) is 17.4. The second-order valence-corrected chi connectivity index (χ2v) is 5.99. The maximum absolute atomic E-state index is 12.7. The topological polar surface area (TPSA) is 72.7 Å². The van der Waals surface area contributed by atoms with Crippen molar-refractivity contribution >= 4 is 6.03 Å². The van der Waals surface area contributed by atoms with Crippen molar-refractivity contribution in [2.24, 2.45) is 0 Å². The number of hydrogen-bond acceptors (Lipinski definition) is 5. The van der Waals surface area contributed by atoms with Crippen LogP contribution in [0.5, 0.6) is 0 Å². The van der Waals surface area contributed by atoms with Crippen LogP contribution in [0.1, 0.15) is 11.3 Å². The van der Waals surface area contributed by atoms with Gasteiger partial charge in [0.2, 0.25) is 0 Å². The van der Waals surface area contributed by atoms with Crippen molar-refractivity contribution in [3.63, 3.8) is 0 Å². The quantitative estimate of drug-likeness (QED) is 0.764. The molecule has 3 heterocycles. The van der Waals surface area contributed by atoms with Crippen molar-refractivity contribution in [1.82, 2.24) is 24.6 Å². The van der Waals surface area contributed by atoms with E-state index < -0.39 is 6.29 Å². The van der Waals surface area contributed by atoms with Crippen LogP contribution in [0.2, 0.25) is 0 Å². The highest BCUT2D eigenvalue weighted by atomic mass is 16.7. The summed E-state index contributed by atoms with van der Waals surface area (Å²) in [5, 5.41) is 4.62. The molecule has 25 heavy (non-hydrogen) atoms. The minimum Gasteiger partial charge on any atom is -0.354 e. The summed E-state index contributed by atoms with van der Waals surface area (Å²) in [5.41, 5.74) is 3.00.